The van der Waals surface area contributed by atoms with Crippen LogP contribution in [0.25, 0.3) is 0 Å². The Hall–Kier alpha value is -2.97. The molecule has 0 saturated heterocycles. The Balaban J connectivity index is 4.26. The fraction of sp³-hybridized carbons (Fsp3) is 0.723. The summed E-state index contributed by atoms with van der Waals surface area (Å²) >= 11 is 0. The molecular weight excluding hydrogens is 691 g/mol. The number of aliphatic carboxylic acids is 1. The van der Waals surface area contributed by atoms with Crippen molar-refractivity contribution in [1.82, 2.24) is 0 Å². The minimum Gasteiger partial charge on any atom is -0.544 e. The van der Waals surface area contributed by atoms with Gasteiger partial charge in [0, 0.05) is 19.3 Å². The van der Waals surface area contributed by atoms with Gasteiger partial charge in [0.1, 0.15) is 12.6 Å². The van der Waals surface area contributed by atoms with E-state index in [0.29, 0.717) is 12.8 Å². The van der Waals surface area contributed by atoms with Crippen molar-refractivity contribution in [2.75, 3.05) is 41.0 Å². The lowest BCUT2D eigenvalue weighted by Gasteiger charge is -2.34. The molecule has 0 aromatic heterocycles. The summed E-state index contributed by atoms with van der Waals surface area (Å²) in [6.45, 7) is 4.49. The van der Waals surface area contributed by atoms with Crippen LogP contribution in [0, 0.1) is 0 Å². The molecule has 0 N–H and O–H groups in total. The zero-order chi connectivity index (χ0) is 40.7. The number of quaternary nitrogens is 1. The van der Waals surface area contributed by atoms with Crippen LogP contribution in [0.2, 0.25) is 0 Å². The number of likely N-dealkylation sites (N-methyl/N-ethyl adjacent to an activating group) is 1. The number of allylic oxidation sites excluding steroid dienone is 10. The molecule has 55 heavy (non-hydrogen) atoms. The maximum atomic E-state index is 12.7. The predicted octanol–water partition coefficient (Wildman–Crippen LogP) is 10.5. The summed E-state index contributed by atoms with van der Waals surface area (Å²) in [5.74, 6) is -1.76. The van der Waals surface area contributed by atoms with Gasteiger partial charge in [-0.3, -0.25) is 9.59 Å². The molecule has 0 spiro atoms. The first-order chi connectivity index (χ1) is 26.6. The minimum absolute atomic E-state index is 0.0350. The van der Waals surface area contributed by atoms with Crippen LogP contribution in [-0.2, 0) is 28.6 Å². The maximum Gasteiger partial charge on any atom is 0.306 e. The van der Waals surface area contributed by atoms with Crippen molar-refractivity contribution in [3.63, 3.8) is 0 Å². The smallest absolute Gasteiger partial charge is 0.306 e. The number of ether oxygens (including phenoxy) is 3. The molecule has 0 bridgehead atoms. The van der Waals surface area contributed by atoms with Crippen molar-refractivity contribution in [3.05, 3.63) is 60.8 Å². The molecule has 8 nitrogen and oxygen atoms in total. The van der Waals surface area contributed by atoms with Gasteiger partial charge in [-0.05, 0) is 57.8 Å². The number of unbranched alkanes of at least 4 members (excludes halogenated alkanes) is 14. The zero-order valence-electron chi connectivity index (χ0n) is 35.8. The molecule has 0 radical (unpaired) electrons. The zero-order valence-corrected chi connectivity index (χ0v) is 35.8. The van der Waals surface area contributed by atoms with E-state index in [1.807, 2.05) is 0 Å². The van der Waals surface area contributed by atoms with Crippen LogP contribution < -0.4 is 5.11 Å². The molecule has 2 atom stereocenters. The van der Waals surface area contributed by atoms with Crippen LogP contribution >= 0.6 is 0 Å². The van der Waals surface area contributed by atoms with Crippen LogP contribution in [0.15, 0.2) is 60.8 Å². The SMILES string of the molecule is CC/C=C/C/C=C/C/C=C/C/C=C/C/C=C/CCCCCCCCCC(=O)OC(COCCC(C(=O)[O-])[N+](C)(C)C)COC(=O)CCCCCCCCCC. The van der Waals surface area contributed by atoms with Gasteiger partial charge >= 0.3 is 11.9 Å². The van der Waals surface area contributed by atoms with Crippen LogP contribution in [0.1, 0.15) is 168 Å². The molecule has 0 heterocycles. The maximum absolute atomic E-state index is 12.7. The highest BCUT2D eigenvalue weighted by Gasteiger charge is 2.25. The first kappa shape index (κ1) is 52.0. The van der Waals surface area contributed by atoms with Crippen molar-refractivity contribution >= 4 is 17.9 Å². The molecule has 8 heteroatoms. The summed E-state index contributed by atoms with van der Waals surface area (Å²) in [6.07, 6.45) is 45.4. The number of hydrogen-bond acceptors (Lipinski definition) is 7. The van der Waals surface area contributed by atoms with Crippen LogP contribution in [0.4, 0.5) is 0 Å². The van der Waals surface area contributed by atoms with Gasteiger partial charge in [0.15, 0.2) is 6.10 Å². The normalized spacial score (nSPS) is 13.5. The first-order valence-corrected chi connectivity index (χ1v) is 21.8. The Labute approximate surface area is 337 Å². The average Bonchev–Trinajstić information content (AvgIpc) is 3.14. The van der Waals surface area contributed by atoms with Crippen molar-refractivity contribution in [3.8, 4) is 0 Å². The van der Waals surface area contributed by atoms with E-state index in [1.165, 1.54) is 51.4 Å². The number of carbonyl (C=O) groups is 3. The van der Waals surface area contributed by atoms with Crippen molar-refractivity contribution in [2.24, 2.45) is 0 Å². The Morgan fingerprint density at radius 1 is 0.564 bits per heavy atom. The van der Waals surface area contributed by atoms with E-state index >= 15 is 0 Å². The highest BCUT2D eigenvalue weighted by Crippen LogP contribution is 2.13. The Morgan fingerprint density at radius 3 is 1.51 bits per heavy atom. The highest BCUT2D eigenvalue weighted by molar-refractivity contribution is 5.70. The molecule has 0 amide bonds. The summed E-state index contributed by atoms with van der Waals surface area (Å²) in [5, 5.41) is 11.6. The van der Waals surface area contributed by atoms with Gasteiger partial charge in [-0.2, -0.15) is 0 Å². The Kier molecular flexibility index (Phi) is 35.9. The molecule has 0 aliphatic rings. The van der Waals surface area contributed by atoms with E-state index in [9.17, 15) is 19.5 Å². The van der Waals surface area contributed by atoms with Gasteiger partial charge in [-0.25, -0.2) is 0 Å². The summed E-state index contributed by atoms with van der Waals surface area (Å²) in [4.78, 5) is 36.7. The van der Waals surface area contributed by atoms with Gasteiger partial charge < -0.3 is 28.6 Å². The van der Waals surface area contributed by atoms with E-state index in [1.54, 1.807) is 21.1 Å². The molecule has 0 aromatic rings. The fourth-order valence-electron chi connectivity index (χ4n) is 6.04. The first-order valence-electron chi connectivity index (χ1n) is 21.8. The monoisotopic (exact) mass is 772 g/mol. The number of nitrogens with zero attached hydrogens (tertiary/aromatic N) is 1. The number of hydrogen-bond donors (Lipinski definition) is 0. The fourth-order valence-corrected chi connectivity index (χ4v) is 6.04. The predicted molar refractivity (Wildman–Crippen MR) is 226 cm³/mol. The van der Waals surface area contributed by atoms with Gasteiger partial charge in [0.2, 0.25) is 0 Å². The molecule has 0 aromatic carbocycles. The second-order valence-electron chi connectivity index (χ2n) is 15.6. The number of rotatable bonds is 38. The summed E-state index contributed by atoms with van der Waals surface area (Å²) < 4.78 is 17.1. The molecular formula is C47H81NO7. The molecule has 0 rings (SSSR count). The lowest BCUT2D eigenvalue weighted by atomic mass is 10.1. The lowest BCUT2D eigenvalue weighted by molar-refractivity contribution is -0.889. The van der Waals surface area contributed by atoms with Gasteiger partial charge in [0.25, 0.3) is 0 Å². The van der Waals surface area contributed by atoms with E-state index in [-0.39, 0.29) is 42.7 Å². The highest BCUT2D eigenvalue weighted by atomic mass is 16.6. The van der Waals surface area contributed by atoms with E-state index in [2.05, 4.69) is 74.6 Å². The number of carboxylic acid groups (broad SMARTS) is 1. The quantitative estimate of drug-likeness (QED) is 0.0266. The second-order valence-corrected chi connectivity index (χ2v) is 15.6. The summed E-state index contributed by atoms with van der Waals surface area (Å²) in [6, 6.07) is -0.727. The second kappa shape index (κ2) is 37.9. The third-order valence-corrected chi connectivity index (χ3v) is 9.42. The average molecular weight is 772 g/mol. The van der Waals surface area contributed by atoms with Crippen LogP contribution in [0.3, 0.4) is 0 Å². The number of carboxylic acids is 1. The molecule has 0 aliphatic heterocycles. The minimum atomic E-state index is -1.13. The third-order valence-electron chi connectivity index (χ3n) is 9.42. The Bertz CT molecular complexity index is 1090. The molecule has 0 aliphatic carbocycles. The summed E-state index contributed by atoms with van der Waals surface area (Å²) in [5.41, 5.74) is 0. The van der Waals surface area contributed by atoms with E-state index in [0.717, 1.165) is 83.5 Å². The Morgan fingerprint density at radius 2 is 1.02 bits per heavy atom. The lowest BCUT2D eigenvalue weighted by Crippen LogP contribution is -2.55. The van der Waals surface area contributed by atoms with Crippen LogP contribution in [-0.4, -0.2) is 75.5 Å². The topological polar surface area (TPSA) is 102 Å². The largest absolute Gasteiger partial charge is 0.544 e. The third kappa shape index (κ3) is 36.4. The van der Waals surface area contributed by atoms with Crippen molar-refractivity contribution in [1.29, 1.82) is 0 Å². The molecule has 316 valence electrons. The molecule has 0 fully saturated rings. The van der Waals surface area contributed by atoms with Crippen molar-refractivity contribution in [2.45, 2.75) is 180 Å². The van der Waals surface area contributed by atoms with Crippen molar-refractivity contribution < 1.29 is 38.2 Å². The number of carbonyl (C=O) groups excluding carboxylic acids is 3. The van der Waals surface area contributed by atoms with Crippen LogP contribution in [0.5, 0.6) is 0 Å². The number of esters is 2. The standard InChI is InChI=1S/C47H81NO7/c1-6-8-10-12-14-16-17-18-19-20-21-22-23-24-25-26-27-28-29-30-32-34-36-38-46(50)55-43(41-53-40-39-44(47(51)52)48(3,4)5)42-54-45(49)37-35-33-31-15-13-11-9-7-2/h8,10,14,16,18-19,21-22,24-25,43-44H,6-7,9,11-13,15,17,20,23,26-42H2,1-5H3/b10-8+,16-14+,19-18+,22-21+,25-24+. The van der Waals surface area contributed by atoms with Gasteiger partial charge in [0.05, 0.1) is 40.3 Å². The van der Waals surface area contributed by atoms with Gasteiger partial charge in [-0.15, -0.1) is 0 Å². The molecule has 0 saturated carbocycles. The van der Waals surface area contributed by atoms with E-state index < -0.39 is 18.1 Å². The van der Waals surface area contributed by atoms with Gasteiger partial charge in [-0.1, -0.05) is 152 Å². The van der Waals surface area contributed by atoms with E-state index in [4.69, 9.17) is 14.2 Å². The summed E-state index contributed by atoms with van der Waals surface area (Å²) in [7, 11) is 5.39. The molecule has 2 unspecified atom stereocenters.